The van der Waals surface area contributed by atoms with Crippen molar-refractivity contribution in [2.45, 2.75) is 12.3 Å². The third kappa shape index (κ3) is 4.40. The van der Waals surface area contributed by atoms with E-state index in [2.05, 4.69) is 10.3 Å². The number of aromatic nitrogens is 3. The van der Waals surface area contributed by atoms with E-state index in [0.717, 1.165) is 5.56 Å². The third-order valence-corrected chi connectivity index (χ3v) is 7.10. The SMILES string of the molecule is O=c1c(Cl)c(N2CCN(S(=O)(=O)Cc3ccon3)CC2)cnn1Cc1ccccc1. The van der Waals surface area contributed by atoms with Gasteiger partial charge in [0, 0.05) is 32.2 Å². The monoisotopic (exact) mass is 449 g/mol. The molecule has 9 nitrogen and oxygen atoms in total. The Labute approximate surface area is 178 Å². The fraction of sp³-hybridized carbons (Fsp3) is 0.316. The van der Waals surface area contributed by atoms with Crippen LogP contribution in [0, 0.1) is 0 Å². The molecule has 11 heteroatoms. The van der Waals surface area contributed by atoms with E-state index in [4.69, 9.17) is 16.1 Å². The van der Waals surface area contributed by atoms with Gasteiger partial charge in [-0.25, -0.2) is 13.1 Å². The molecule has 30 heavy (non-hydrogen) atoms. The van der Waals surface area contributed by atoms with Crippen LogP contribution < -0.4 is 10.5 Å². The highest BCUT2D eigenvalue weighted by molar-refractivity contribution is 7.88. The van der Waals surface area contributed by atoms with E-state index < -0.39 is 10.0 Å². The molecular weight excluding hydrogens is 430 g/mol. The average molecular weight is 450 g/mol. The van der Waals surface area contributed by atoms with Crippen LogP contribution in [0.3, 0.4) is 0 Å². The lowest BCUT2D eigenvalue weighted by atomic mass is 10.2. The van der Waals surface area contributed by atoms with Crippen molar-refractivity contribution in [3.8, 4) is 0 Å². The highest BCUT2D eigenvalue weighted by Gasteiger charge is 2.29. The smallest absolute Gasteiger partial charge is 0.287 e. The highest BCUT2D eigenvalue weighted by atomic mass is 35.5. The minimum atomic E-state index is -3.50. The van der Waals surface area contributed by atoms with Gasteiger partial charge in [-0.2, -0.15) is 9.40 Å². The highest BCUT2D eigenvalue weighted by Crippen LogP contribution is 2.23. The third-order valence-electron chi connectivity index (χ3n) is 4.94. The van der Waals surface area contributed by atoms with Crippen molar-refractivity contribution in [3.63, 3.8) is 0 Å². The molecule has 1 aliphatic heterocycles. The van der Waals surface area contributed by atoms with Crippen LogP contribution in [0.1, 0.15) is 11.3 Å². The van der Waals surface area contributed by atoms with Crippen molar-refractivity contribution in [1.82, 2.24) is 19.2 Å². The van der Waals surface area contributed by atoms with E-state index in [1.165, 1.54) is 21.3 Å². The number of benzene rings is 1. The minimum absolute atomic E-state index is 0.0832. The molecule has 0 amide bonds. The summed E-state index contributed by atoms with van der Waals surface area (Å²) < 4.78 is 32.6. The summed E-state index contributed by atoms with van der Waals surface area (Å²) in [6.07, 6.45) is 2.91. The van der Waals surface area contributed by atoms with E-state index in [1.807, 2.05) is 35.2 Å². The van der Waals surface area contributed by atoms with Gasteiger partial charge in [-0.05, 0) is 5.56 Å². The maximum absolute atomic E-state index is 12.7. The summed E-state index contributed by atoms with van der Waals surface area (Å²) in [5.41, 5.74) is 1.45. The second-order valence-electron chi connectivity index (χ2n) is 6.93. The van der Waals surface area contributed by atoms with Crippen molar-refractivity contribution in [2.75, 3.05) is 31.1 Å². The fourth-order valence-electron chi connectivity index (χ4n) is 3.34. The first-order chi connectivity index (χ1) is 14.4. The summed E-state index contributed by atoms with van der Waals surface area (Å²) in [4.78, 5) is 14.5. The van der Waals surface area contributed by atoms with Gasteiger partial charge in [0.05, 0.1) is 24.1 Å². The van der Waals surface area contributed by atoms with Crippen molar-refractivity contribution in [3.05, 3.63) is 75.5 Å². The molecule has 2 aromatic heterocycles. The molecule has 1 aromatic carbocycles. The Morgan fingerprint density at radius 3 is 2.47 bits per heavy atom. The summed E-state index contributed by atoms with van der Waals surface area (Å²) in [5, 5.41) is 8.00. The Bertz CT molecular complexity index is 1160. The van der Waals surface area contributed by atoms with Crippen LogP contribution in [0.2, 0.25) is 5.02 Å². The zero-order valence-corrected chi connectivity index (χ0v) is 17.6. The van der Waals surface area contributed by atoms with Crippen LogP contribution >= 0.6 is 11.6 Å². The van der Waals surface area contributed by atoms with Crippen LogP contribution in [0.25, 0.3) is 0 Å². The minimum Gasteiger partial charge on any atom is -0.366 e. The average Bonchev–Trinajstić information content (AvgIpc) is 3.25. The molecule has 158 valence electrons. The van der Waals surface area contributed by atoms with Gasteiger partial charge in [-0.15, -0.1) is 0 Å². The lowest BCUT2D eigenvalue weighted by Gasteiger charge is -2.35. The van der Waals surface area contributed by atoms with E-state index in [1.54, 1.807) is 6.20 Å². The van der Waals surface area contributed by atoms with Gasteiger partial charge in [-0.1, -0.05) is 47.1 Å². The van der Waals surface area contributed by atoms with Crippen LogP contribution in [0.4, 0.5) is 5.69 Å². The second-order valence-corrected chi connectivity index (χ2v) is 9.27. The standard InChI is InChI=1S/C19H20ClN5O4S/c20-18-17(12-21-25(19(18)26)13-15-4-2-1-3-5-15)23-7-9-24(10-8-23)30(27,28)14-16-6-11-29-22-16/h1-6,11-12H,7-10,13-14H2. The Morgan fingerprint density at radius 2 is 1.80 bits per heavy atom. The number of sulfonamides is 1. The first-order valence-electron chi connectivity index (χ1n) is 9.35. The lowest BCUT2D eigenvalue weighted by molar-refractivity contribution is 0.381. The number of anilines is 1. The van der Waals surface area contributed by atoms with Gasteiger partial charge < -0.3 is 9.42 Å². The van der Waals surface area contributed by atoms with E-state index in [9.17, 15) is 13.2 Å². The summed E-state index contributed by atoms with van der Waals surface area (Å²) in [6, 6.07) is 11.0. The maximum Gasteiger partial charge on any atom is 0.287 e. The Kier molecular flexibility index (Phi) is 5.89. The van der Waals surface area contributed by atoms with E-state index in [0.29, 0.717) is 31.0 Å². The molecule has 0 radical (unpaired) electrons. The zero-order chi connectivity index (χ0) is 21.1. The van der Waals surface area contributed by atoms with Gasteiger partial charge >= 0.3 is 0 Å². The molecule has 0 saturated carbocycles. The van der Waals surface area contributed by atoms with Gasteiger partial charge in [0.1, 0.15) is 17.0 Å². The van der Waals surface area contributed by atoms with Gasteiger partial charge in [0.15, 0.2) is 0 Å². The fourth-order valence-corrected chi connectivity index (χ4v) is 5.03. The summed E-state index contributed by atoms with van der Waals surface area (Å²) in [7, 11) is -3.50. The van der Waals surface area contributed by atoms with Crippen LogP contribution in [0.5, 0.6) is 0 Å². The number of halogens is 1. The first-order valence-corrected chi connectivity index (χ1v) is 11.3. The van der Waals surface area contributed by atoms with Gasteiger partial charge in [0.2, 0.25) is 10.0 Å². The summed E-state index contributed by atoms with van der Waals surface area (Å²) in [6.45, 7) is 1.70. The summed E-state index contributed by atoms with van der Waals surface area (Å²) in [5.74, 6) is -0.207. The molecule has 0 aliphatic carbocycles. The van der Waals surface area contributed by atoms with Crippen molar-refractivity contribution < 1.29 is 12.9 Å². The lowest BCUT2D eigenvalue weighted by Crippen LogP contribution is -2.49. The van der Waals surface area contributed by atoms with E-state index in [-0.39, 0.29) is 29.4 Å². The van der Waals surface area contributed by atoms with Crippen molar-refractivity contribution >= 4 is 27.3 Å². The van der Waals surface area contributed by atoms with Crippen LogP contribution in [-0.4, -0.2) is 53.8 Å². The molecule has 3 heterocycles. The predicted molar refractivity (Wildman–Crippen MR) is 112 cm³/mol. The molecule has 1 aliphatic rings. The number of hydrogen-bond acceptors (Lipinski definition) is 7. The number of nitrogens with zero attached hydrogens (tertiary/aromatic N) is 5. The molecule has 0 spiro atoms. The number of rotatable bonds is 6. The largest absolute Gasteiger partial charge is 0.366 e. The Balaban J connectivity index is 1.44. The topological polar surface area (TPSA) is 102 Å². The van der Waals surface area contributed by atoms with Gasteiger partial charge in [-0.3, -0.25) is 4.79 Å². The number of hydrogen-bond donors (Lipinski definition) is 0. The molecule has 0 bridgehead atoms. The zero-order valence-electron chi connectivity index (χ0n) is 16.0. The molecule has 4 rings (SSSR count). The van der Waals surface area contributed by atoms with E-state index >= 15 is 0 Å². The van der Waals surface area contributed by atoms with Gasteiger partial charge in [0.25, 0.3) is 5.56 Å². The molecule has 1 fully saturated rings. The quantitative estimate of drug-likeness (QED) is 0.563. The normalized spacial score (nSPS) is 15.4. The Hall–Kier alpha value is -2.69. The predicted octanol–water partition coefficient (Wildman–Crippen LogP) is 1.58. The van der Waals surface area contributed by atoms with Crippen molar-refractivity contribution in [1.29, 1.82) is 0 Å². The number of piperazine rings is 1. The molecular formula is C19H20ClN5O4S. The Morgan fingerprint density at radius 1 is 1.07 bits per heavy atom. The van der Waals surface area contributed by atoms with Crippen LogP contribution in [0.15, 0.2) is 58.2 Å². The van der Waals surface area contributed by atoms with Crippen LogP contribution in [-0.2, 0) is 22.3 Å². The summed E-state index contributed by atoms with van der Waals surface area (Å²) >= 11 is 6.35. The molecule has 3 aromatic rings. The molecule has 0 N–H and O–H groups in total. The molecule has 0 unspecified atom stereocenters. The maximum atomic E-state index is 12.7. The molecule has 1 saturated heterocycles. The molecule has 0 atom stereocenters. The van der Waals surface area contributed by atoms with Crippen molar-refractivity contribution in [2.24, 2.45) is 0 Å². The first kappa shape index (κ1) is 20.6. The second kappa shape index (κ2) is 8.58.